The zero-order valence-corrected chi connectivity index (χ0v) is 11.0. The number of imidazole rings is 1. The SMILES string of the molecule is Fc1ccc(CNc2ccc(-n3ccnc3)nc2)cc1F. The molecule has 3 aromatic rings. The fraction of sp³-hybridized carbons (Fsp3) is 0.0667. The van der Waals surface area contributed by atoms with E-state index in [0.29, 0.717) is 12.1 Å². The zero-order chi connectivity index (χ0) is 14.7. The third kappa shape index (κ3) is 3.05. The van der Waals surface area contributed by atoms with Crippen LogP contribution in [-0.4, -0.2) is 14.5 Å². The van der Waals surface area contributed by atoms with Crippen LogP contribution in [0.3, 0.4) is 0 Å². The number of hydrogen-bond donors (Lipinski definition) is 1. The van der Waals surface area contributed by atoms with Crippen molar-refractivity contribution in [1.82, 2.24) is 14.5 Å². The van der Waals surface area contributed by atoms with Crippen molar-refractivity contribution < 1.29 is 8.78 Å². The summed E-state index contributed by atoms with van der Waals surface area (Å²) in [6.45, 7) is 0.392. The minimum Gasteiger partial charge on any atom is -0.380 e. The van der Waals surface area contributed by atoms with Crippen molar-refractivity contribution in [3.05, 3.63) is 72.4 Å². The molecule has 4 nitrogen and oxygen atoms in total. The van der Waals surface area contributed by atoms with Gasteiger partial charge in [-0.1, -0.05) is 6.07 Å². The molecule has 6 heteroatoms. The molecule has 0 aliphatic rings. The number of nitrogens with zero attached hydrogens (tertiary/aromatic N) is 3. The molecule has 1 aromatic carbocycles. The summed E-state index contributed by atoms with van der Waals surface area (Å²) >= 11 is 0. The molecule has 0 fully saturated rings. The van der Waals surface area contributed by atoms with E-state index in [4.69, 9.17) is 0 Å². The predicted octanol–water partition coefficient (Wildman–Crippen LogP) is 3.16. The molecule has 3 rings (SSSR count). The quantitative estimate of drug-likeness (QED) is 0.801. The van der Waals surface area contributed by atoms with Crippen molar-refractivity contribution in [2.24, 2.45) is 0 Å². The maximum Gasteiger partial charge on any atom is 0.159 e. The highest BCUT2D eigenvalue weighted by atomic mass is 19.2. The lowest BCUT2D eigenvalue weighted by atomic mass is 10.2. The first-order valence-corrected chi connectivity index (χ1v) is 6.34. The molecule has 2 aromatic heterocycles. The lowest BCUT2D eigenvalue weighted by Crippen LogP contribution is -2.02. The lowest BCUT2D eigenvalue weighted by molar-refractivity contribution is 0.507. The van der Waals surface area contributed by atoms with Crippen LogP contribution >= 0.6 is 0 Å². The van der Waals surface area contributed by atoms with E-state index >= 15 is 0 Å². The maximum absolute atomic E-state index is 13.1. The number of benzene rings is 1. The van der Waals surface area contributed by atoms with E-state index in [9.17, 15) is 8.78 Å². The molecule has 1 N–H and O–H groups in total. The molecule has 0 amide bonds. The molecule has 0 bridgehead atoms. The number of halogens is 2. The highest BCUT2D eigenvalue weighted by Crippen LogP contribution is 2.13. The van der Waals surface area contributed by atoms with Crippen LogP contribution in [0.1, 0.15) is 5.56 Å². The predicted molar refractivity (Wildman–Crippen MR) is 75.0 cm³/mol. The average molecular weight is 286 g/mol. The van der Waals surface area contributed by atoms with E-state index in [2.05, 4.69) is 15.3 Å². The van der Waals surface area contributed by atoms with Crippen LogP contribution in [0, 0.1) is 11.6 Å². The van der Waals surface area contributed by atoms with Crippen LogP contribution < -0.4 is 5.32 Å². The van der Waals surface area contributed by atoms with Crippen molar-refractivity contribution in [3.63, 3.8) is 0 Å². The number of anilines is 1. The van der Waals surface area contributed by atoms with Gasteiger partial charge in [0.1, 0.15) is 12.1 Å². The molecule has 21 heavy (non-hydrogen) atoms. The molecule has 0 unspecified atom stereocenters. The number of pyridine rings is 1. The van der Waals surface area contributed by atoms with Gasteiger partial charge in [0.25, 0.3) is 0 Å². The van der Waals surface area contributed by atoms with Gasteiger partial charge in [-0.05, 0) is 29.8 Å². The van der Waals surface area contributed by atoms with E-state index in [1.54, 1.807) is 35.6 Å². The second-order valence-electron chi connectivity index (χ2n) is 4.48. The monoisotopic (exact) mass is 286 g/mol. The number of hydrogen-bond acceptors (Lipinski definition) is 3. The molecule has 2 heterocycles. The Kier molecular flexibility index (Phi) is 3.59. The zero-order valence-electron chi connectivity index (χ0n) is 11.0. The number of rotatable bonds is 4. The van der Waals surface area contributed by atoms with E-state index in [-0.39, 0.29) is 0 Å². The Balaban J connectivity index is 1.66. The maximum atomic E-state index is 13.1. The molecule has 106 valence electrons. The fourth-order valence-corrected chi connectivity index (χ4v) is 1.89. The molecule has 0 saturated carbocycles. The highest BCUT2D eigenvalue weighted by Gasteiger charge is 2.03. The Morgan fingerprint density at radius 1 is 1.10 bits per heavy atom. The van der Waals surface area contributed by atoms with Gasteiger partial charge < -0.3 is 5.32 Å². The Labute approximate surface area is 120 Å². The average Bonchev–Trinajstić information content (AvgIpc) is 3.03. The van der Waals surface area contributed by atoms with Crippen molar-refractivity contribution >= 4 is 5.69 Å². The summed E-state index contributed by atoms with van der Waals surface area (Å²) in [5, 5.41) is 3.10. The summed E-state index contributed by atoms with van der Waals surface area (Å²) in [6, 6.07) is 7.54. The first kappa shape index (κ1) is 13.2. The molecule has 0 aliphatic heterocycles. The topological polar surface area (TPSA) is 42.7 Å². The van der Waals surface area contributed by atoms with Crippen molar-refractivity contribution in [1.29, 1.82) is 0 Å². The van der Waals surface area contributed by atoms with Gasteiger partial charge in [-0.2, -0.15) is 0 Å². The summed E-state index contributed by atoms with van der Waals surface area (Å²) in [7, 11) is 0. The lowest BCUT2D eigenvalue weighted by Gasteiger charge is -2.07. The number of nitrogens with one attached hydrogen (secondary N) is 1. The standard InChI is InChI=1S/C15H12F2N4/c16-13-3-1-11(7-14(13)17)8-19-12-2-4-15(20-9-12)21-6-5-18-10-21/h1-7,9-10,19H,8H2. The van der Waals surface area contributed by atoms with Crippen molar-refractivity contribution in [2.75, 3.05) is 5.32 Å². The Hall–Kier alpha value is -2.76. The van der Waals surface area contributed by atoms with Gasteiger partial charge in [0.05, 0.1) is 11.9 Å². The number of aromatic nitrogens is 3. The smallest absolute Gasteiger partial charge is 0.159 e. The van der Waals surface area contributed by atoms with Crippen LogP contribution in [0.25, 0.3) is 5.82 Å². The largest absolute Gasteiger partial charge is 0.380 e. The third-order valence-corrected chi connectivity index (χ3v) is 3.00. The molecule has 0 aliphatic carbocycles. The van der Waals surface area contributed by atoms with Crippen LogP contribution in [0.2, 0.25) is 0 Å². The van der Waals surface area contributed by atoms with Gasteiger partial charge in [0.15, 0.2) is 11.6 Å². The van der Waals surface area contributed by atoms with E-state index in [0.717, 1.165) is 17.6 Å². The van der Waals surface area contributed by atoms with E-state index in [1.807, 2.05) is 12.1 Å². The molecular weight excluding hydrogens is 274 g/mol. The first-order chi connectivity index (χ1) is 10.2. The van der Waals surface area contributed by atoms with Crippen molar-refractivity contribution in [2.45, 2.75) is 6.54 Å². The molecule has 0 radical (unpaired) electrons. The van der Waals surface area contributed by atoms with E-state index < -0.39 is 11.6 Å². The van der Waals surface area contributed by atoms with Crippen LogP contribution in [0.4, 0.5) is 14.5 Å². The Morgan fingerprint density at radius 3 is 2.67 bits per heavy atom. The normalized spacial score (nSPS) is 10.6. The van der Waals surface area contributed by atoms with E-state index in [1.165, 1.54) is 6.07 Å². The molecule has 0 saturated heterocycles. The minimum atomic E-state index is -0.845. The minimum absolute atomic E-state index is 0.392. The molecular formula is C15H12F2N4. The Morgan fingerprint density at radius 2 is 2.00 bits per heavy atom. The molecule has 0 atom stereocenters. The van der Waals surface area contributed by atoms with Crippen LogP contribution in [-0.2, 0) is 6.54 Å². The summed E-state index contributed by atoms with van der Waals surface area (Å²) in [4.78, 5) is 8.25. The van der Waals surface area contributed by atoms with Gasteiger partial charge >= 0.3 is 0 Å². The molecule has 0 spiro atoms. The van der Waals surface area contributed by atoms with Crippen molar-refractivity contribution in [3.8, 4) is 5.82 Å². The van der Waals surface area contributed by atoms with Crippen LogP contribution in [0.15, 0.2) is 55.2 Å². The second kappa shape index (κ2) is 5.70. The second-order valence-corrected chi connectivity index (χ2v) is 4.48. The van der Waals surface area contributed by atoms with Gasteiger partial charge in [0.2, 0.25) is 0 Å². The summed E-state index contributed by atoms with van der Waals surface area (Å²) in [5.41, 5.74) is 1.45. The Bertz CT molecular complexity index is 724. The van der Waals surface area contributed by atoms with Gasteiger partial charge in [-0.15, -0.1) is 0 Å². The summed E-state index contributed by atoms with van der Waals surface area (Å²) in [6.07, 6.45) is 6.82. The summed E-state index contributed by atoms with van der Waals surface area (Å²) < 4.78 is 27.7. The summed E-state index contributed by atoms with van der Waals surface area (Å²) in [5.74, 6) is -0.932. The van der Waals surface area contributed by atoms with Gasteiger partial charge in [0, 0.05) is 18.9 Å². The third-order valence-electron chi connectivity index (χ3n) is 3.00. The fourth-order valence-electron chi connectivity index (χ4n) is 1.89. The van der Waals surface area contributed by atoms with Gasteiger partial charge in [-0.3, -0.25) is 4.57 Å². The first-order valence-electron chi connectivity index (χ1n) is 6.34. The highest BCUT2D eigenvalue weighted by molar-refractivity contribution is 5.44. The van der Waals surface area contributed by atoms with Crippen LogP contribution in [0.5, 0.6) is 0 Å². The van der Waals surface area contributed by atoms with Gasteiger partial charge in [-0.25, -0.2) is 18.7 Å².